The van der Waals surface area contributed by atoms with Crippen LogP contribution in [-0.4, -0.2) is 31.2 Å². The zero-order valence-electron chi connectivity index (χ0n) is 12.5. The van der Waals surface area contributed by atoms with Crippen LogP contribution in [0.1, 0.15) is 12.8 Å². The van der Waals surface area contributed by atoms with E-state index in [0.29, 0.717) is 30.0 Å². The first kappa shape index (κ1) is 15.9. The molecule has 6 nitrogen and oxygen atoms in total. The van der Waals surface area contributed by atoms with E-state index in [-0.39, 0.29) is 5.91 Å². The van der Waals surface area contributed by atoms with Crippen LogP contribution < -0.4 is 14.8 Å². The third kappa shape index (κ3) is 3.39. The molecular formula is C16H19NO5. The van der Waals surface area contributed by atoms with Gasteiger partial charge in [-0.2, -0.15) is 0 Å². The molecule has 0 spiro atoms. The average molecular weight is 305 g/mol. The second kappa shape index (κ2) is 6.98. The molecule has 2 rings (SSSR count). The quantitative estimate of drug-likeness (QED) is 0.815. The van der Waals surface area contributed by atoms with Gasteiger partial charge in [0.15, 0.2) is 0 Å². The van der Waals surface area contributed by atoms with Crippen molar-refractivity contribution in [2.75, 3.05) is 19.5 Å². The van der Waals surface area contributed by atoms with Crippen LogP contribution in [0.5, 0.6) is 11.5 Å². The maximum atomic E-state index is 12.4. The Bertz CT molecular complexity index is 596. The molecule has 1 aromatic rings. The van der Waals surface area contributed by atoms with Crippen LogP contribution in [0.4, 0.5) is 5.69 Å². The Kier molecular flexibility index (Phi) is 5.04. The molecule has 2 atom stereocenters. The first-order valence-electron chi connectivity index (χ1n) is 6.97. The molecule has 118 valence electrons. The fourth-order valence-corrected chi connectivity index (χ4v) is 2.51. The summed E-state index contributed by atoms with van der Waals surface area (Å²) in [5.74, 6) is -1.52. The molecule has 22 heavy (non-hydrogen) atoms. The second-order valence-electron chi connectivity index (χ2n) is 5.05. The summed E-state index contributed by atoms with van der Waals surface area (Å²) < 4.78 is 10.3. The predicted molar refractivity (Wildman–Crippen MR) is 81.2 cm³/mol. The lowest BCUT2D eigenvalue weighted by atomic mass is 9.82. The lowest BCUT2D eigenvalue weighted by molar-refractivity contribution is -0.146. The summed E-state index contributed by atoms with van der Waals surface area (Å²) in [7, 11) is 3.03. The monoisotopic (exact) mass is 305 g/mol. The van der Waals surface area contributed by atoms with Crippen LogP contribution in [0.15, 0.2) is 30.4 Å². The molecule has 1 aromatic carbocycles. The van der Waals surface area contributed by atoms with Crippen molar-refractivity contribution >= 4 is 17.6 Å². The number of nitrogens with one attached hydrogen (secondary N) is 1. The van der Waals surface area contributed by atoms with E-state index in [1.165, 1.54) is 14.2 Å². The molecular weight excluding hydrogens is 286 g/mol. The highest BCUT2D eigenvalue weighted by Crippen LogP contribution is 2.32. The maximum absolute atomic E-state index is 12.4. The van der Waals surface area contributed by atoms with Crippen LogP contribution >= 0.6 is 0 Å². The van der Waals surface area contributed by atoms with Gasteiger partial charge in [0.05, 0.1) is 31.7 Å². The van der Waals surface area contributed by atoms with Crippen molar-refractivity contribution < 1.29 is 24.2 Å². The summed E-state index contributed by atoms with van der Waals surface area (Å²) >= 11 is 0. The summed E-state index contributed by atoms with van der Waals surface area (Å²) in [5.41, 5.74) is 0.463. The van der Waals surface area contributed by atoms with Crippen molar-refractivity contribution in [2.24, 2.45) is 11.8 Å². The lowest BCUT2D eigenvalue weighted by Gasteiger charge is -2.24. The van der Waals surface area contributed by atoms with E-state index < -0.39 is 17.8 Å². The number of ether oxygens (including phenoxy) is 2. The summed E-state index contributed by atoms with van der Waals surface area (Å²) in [4.78, 5) is 23.7. The largest absolute Gasteiger partial charge is 0.497 e. The minimum atomic E-state index is -0.956. The molecule has 1 amide bonds. The van der Waals surface area contributed by atoms with Gasteiger partial charge in [0.1, 0.15) is 11.5 Å². The van der Waals surface area contributed by atoms with E-state index in [2.05, 4.69) is 5.32 Å². The van der Waals surface area contributed by atoms with Gasteiger partial charge in [-0.25, -0.2) is 0 Å². The number of benzene rings is 1. The number of carboxylic acid groups (broad SMARTS) is 1. The van der Waals surface area contributed by atoms with Crippen molar-refractivity contribution in [3.8, 4) is 11.5 Å². The number of aliphatic carboxylic acids is 1. The van der Waals surface area contributed by atoms with Gasteiger partial charge >= 0.3 is 5.97 Å². The Labute approximate surface area is 128 Å². The number of hydrogen-bond acceptors (Lipinski definition) is 4. The van der Waals surface area contributed by atoms with Crippen molar-refractivity contribution in [1.29, 1.82) is 0 Å². The van der Waals surface area contributed by atoms with Crippen LogP contribution in [-0.2, 0) is 9.59 Å². The minimum Gasteiger partial charge on any atom is -0.497 e. The molecule has 0 aliphatic heterocycles. The minimum absolute atomic E-state index is 0.330. The van der Waals surface area contributed by atoms with E-state index >= 15 is 0 Å². The first-order chi connectivity index (χ1) is 10.6. The molecule has 0 radical (unpaired) electrons. The van der Waals surface area contributed by atoms with E-state index in [9.17, 15) is 14.7 Å². The lowest BCUT2D eigenvalue weighted by Crippen LogP contribution is -2.34. The summed E-state index contributed by atoms with van der Waals surface area (Å²) in [6.07, 6.45) is 4.42. The normalized spacial score (nSPS) is 20.3. The van der Waals surface area contributed by atoms with Gasteiger partial charge in [0.2, 0.25) is 5.91 Å². The van der Waals surface area contributed by atoms with E-state index in [1.807, 2.05) is 6.08 Å². The number of allylic oxidation sites excluding steroid dienone is 2. The maximum Gasteiger partial charge on any atom is 0.307 e. The number of methoxy groups -OCH3 is 2. The highest BCUT2D eigenvalue weighted by molar-refractivity contribution is 5.96. The number of amides is 1. The average Bonchev–Trinajstić information content (AvgIpc) is 2.54. The Morgan fingerprint density at radius 2 is 1.82 bits per heavy atom. The van der Waals surface area contributed by atoms with E-state index in [4.69, 9.17) is 9.47 Å². The fraction of sp³-hybridized carbons (Fsp3) is 0.375. The van der Waals surface area contributed by atoms with Crippen LogP contribution in [0.3, 0.4) is 0 Å². The van der Waals surface area contributed by atoms with E-state index in [1.54, 1.807) is 24.3 Å². The molecule has 0 fully saturated rings. The fourth-order valence-electron chi connectivity index (χ4n) is 2.51. The molecule has 0 saturated heterocycles. The second-order valence-corrected chi connectivity index (χ2v) is 5.05. The molecule has 0 saturated carbocycles. The van der Waals surface area contributed by atoms with Gasteiger partial charge in [-0.1, -0.05) is 12.2 Å². The SMILES string of the molecule is COc1ccc(OC)c(NC(=O)[C@H]2CC=CC[C@H]2C(=O)O)c1. The van der Waals surface area contributed by atoms with Crippen molar-refractivity contribution in [1.82, 2.24) is 0 Å². The van der Waals surface area contributed by atoms with Crippen molar-refractivity contribution in [3.63, 3.8) is 0 Å². The van der Waals surface area contributed by atoms with E-state index in [0.717, 1.165) is 0 Å². The molecule has 2 N–H and O–H groups in total. The number of carbonyl (C=O) groups is 2. The van der Waals surface area contributed by atoms with Crippen molar-refractivity contribution in [3.05, 3.63) is 30.4 Å². The standard InChI is InChI=1S/C16H19NO5/c1-21-10-7-8-14(22-2)13(9-10)17-15(18)11-5-3-4-6-12(11)16(19)20/h3-4,7-9,11-12H,5-6H2,1-2H3,(H,17,18)(H,19,20)/t11-,12+/m0/s1. The number of carbonyl (C=O) groups excluding carboxylic acids is 1. The van der Waals surface area contributed by atoms with Crippen LogP contribution in [0.25, 0.3) is 0 Å². The number of carboxylic acids is 1. The molecule has 0 bridgehead atoms. The highest BCUT2D eigenvalue weighted by atomic mass is 16.5. The summed E-state index contributed by atoms with van der Waals surface area (Å²) in [6.45, 7) is 0. The Morgan fingerprint density at radius 3 is 2.41 bits per heavy atom. The third-order valence-corrected chi connectivity index (χ3v) is 3.75. The topological polar surface area (TPSA) is 84.9 Å². The Balaban J connectivity index is 2.20. The molecule has 1 aliphatic carbocycles. The molecule has 6 heteroatoms. The van der Waals surface area contributed by atoms with Crippen molar-refractivity contribution in [2.45, 2.75) is 12.8 Å². The third-order valence-electron chi connectivity index (χ3n) is 3.75. The first-order valence-corrected chi connectivity index (χ1v) is 6.97. The predicted octanol–water partition coefficient (Wildman–Crippen LogP) is 2.31. The Morgan fingerprint density at radius 1 is 1.14 bits per heavy atom. The van der Waals surface area contributed by atoms with Crippen LogP contribution in [0, 0.1) is 11.8 Å². The zero-order valence-corrected chi connectivity index (χ0v) is 12.5. The van der Waals surface area contributed by atoms with Gasteiger partial charge in [-0.15, -0.1) is 0 Å². The van der Waals surface area contributed by atoms with Gasteiger partial charge < -0.3 is 19.9 Å². The molecule has 1 aliphatic rings. The zero-order chi connectivity index (χ0) is 16.1. The summed E-state index contributed by atoms with van der Waals surface area (Å²) in [6, 6.07) is 5.05. The number of rotatable bonds is 5. The van der Waals surface area contributed by atoms with Gasteiger partial charge in [-0.05, 0) is 25.0 Å². The van der Waals surface area contributed by atoms with Crippen LogP contribution in [0.2, 0.25) is 0 Å². The molecule has 0 aromatic heterocycles. The Hall–Kier alpha value is -2.50. The van der Waals surface area contributed by atoms with Gasteiger partial charge in [-0.3, -0.25) is 9.59 Å². The number of hydrogen-bond donors (Lipinski definition) is 2. The highest BCUT2D eigenvalue weighted by Gasteiger charge is 2.34. The number of anilines is 1. The molecule has 0 unspecified atom stereocenters. The summed E-state index contributed by atoms with van der Waals surface area (Å²) in [5, 5.41) is 12.0. The van der Waals surface area contributed by atoms with Gasteiger partial charge in [0.25, 0.3) is 0 Å². The smallest absolute Gasteiger partial charge is 0.307 e. The van der Waals surface area contributed by atoms with Gasteiger partial charge in [0, 0.05) is 6.07 Å². The molecule has 0 heterocycles.